The minimum atomic E-state index is -0.703. The number of hydrogen-bond acceptors (Lipinski definition) is 4. The molecule has 0 amide bonds. The summed E-state index contributed by atoms with van der Waals surface area (Å²) in [4.78, 5) is 13.9. The van der Waals surface area contributed by atoms with Crippen molar-refractivity contribution in [1.82, 2.24) is 19.5 Å². The fourth-order valence-electron chi connectivity index (χ4n) is 5.68. The molecule has 229 valence electrons. The molecule has 0 aliphatic carbocycles. The summed E-state index contributed by atoms with van der Waals surface area (Å²) in [6.45, 7) is 7.77. The Morgan fingerprint density at radius 3 is 2.35 bits per heavy atom. The fourth-order valence-corrected chi connectivity index (χ4v) is 5.68. The number of aromatic nitrogens is 4. The van der Waals surface area contributed by atoms with Crippen molar-refractivity contribution < 1.29 is 25.9 Å². The maximum Gasteiger partial charge on any atom is 0.121 e. The van der Waals surface area contributed by atoms with Crippen LogP contribution in [0, 0.1) is 26.0 Å². The number of aryl methyl sites for hydroxylation is 2. The minimum Gasteiger partial charge on any atom is -0.501 e. The maximum atomic E-state index is 8.41. The fraction of sp³-hybridized carbons (Fsp3) is 0.125. The molecule has 8 rings (SSSR count). The molecule has 0 saturated heterocycles. The van der Waals surface area contributed by atoms with Gasteiger partial charge in [-0.2, -0.15) is 0 Å². The second-order valence-electron chi connectivity index (χ2n) is 11.2. The molecule has 0 bridgehead atoms. The first kappa shape index (κ1) is 29.8. The molecule has 0 atom stereocenters. The molecule has 0 aliphatic heterocycles. The van der Waals surface area contributed by atoms with Gasteiger partial charge in [-0.1, -0.05) is 67.3 Å². The van der Waals surface area contributed by atoms with Gasteiger partial charge in [0.25, 0.3) is 0 Å². The van der Waals surface area contributed by atoms with Crippen molar-refractivity contribution in [3.8, 4) is 28.3 Å². The largest absolute Gasteiger partial charge is 0.501 e. The first-order valence-corrected chi connectivity index (χ1v) is 15.0. The molecule has 1 radical (unpaired) electrons. The Morgan fingerprint density at radius 2 is 1.61 bits per heavy atom. The van der Waals surface area contributed by atoms with Crippen molar-refractivity contribution in [2.75, 3.05) is 0 Å². The van der Waals surface area contributed by atoms with Crippen LogP contribution in [0.2, 0.25) is 0 Å². The Kier molecular flexibility index (Phi) is 8.56. The van der Waals surface area contributed by atoms with E-state index in [-0.39, 0.29) is 20.1 Å². The van der Waals surface area contributed by atoms with Gasteiger partial charge < -0.3 is 14.0 Å². The molecule has 46 heavy (non-hydrogen) atoms. The summed E-state index contributed by atoms with van der Waals surface area (Å²) < 4.78 is 17.0. The van der Waals surface area contributed by atoms with E-state index in [1.54, 1.807) is 6.20 Å². The monoisotopic (exact) mass is 778 g/mol. The molecule has 4 aromatic carbocycles. The van der Waals surface area contributed by atoms with Crippen molar-refractivity contribution in [3.05, 3.63) is 144 Å². The Bertz CT molecular complexity index is 2270. The number of imidazole rings is 1. The Morgan fingerprint density at radius 1 is 0.804 bits per heavy atom. The third-order valence-electron chi connectivity index (χ3n) is 7.84. The first-order chi connectivity index (χ1) is 22.3. The standard InChI is InChI=1S/C29H24N3O.C11H8N.Ir/c1-17(2)20-13-14-22-23-11-8-12-24(28(23)33-26(22)16-20)29-31-27-19(4)30-18(3)15-25(27)32(29)21-9-6-5-7-10-21;1-2-6-10(7-3-1)11-8-4-5-9-12-11;/h5-11,13-17H,1-4H3;1-6,8-9H;/q2*-1;/i17D;;. The van der Waals surface area contributed by atoms with Crippen LogP contribution in [-0.2, 0) is 20.1 Å². The molecule has 0 aliphatic rings. The van der Waals surface area contributed by atoms with Gasteiger partial charge in [0, 0.05) is 44.4 Å². The van der Waals surface area contributed by atoms with Gasteiger partial charge in [0.05, 0.1) is 28.1 Å². The van der Waals surface area contributed by atoms with Crippen molar-refractivity contribution in [3.63, 3.8) is 0 Å². The van der Waals surface area contributed by atoms with Crippen LogP contribution in [-0.4, -0.2) is 19.5 Å². The van der Waals surface area contributed by atoms with E-state index < -0.39 is 5.89 Å². The number of para-hydroxylation sites is 1. The van der Waals surface area contributed by atoms with E-state index in [9.17, 15) is 0 Å². The molecule has 0 fully saturated rings. The van der Waals surface area contributed by atoms with Crippen LogP contribution < -0.4 is 0 Å². The van der Waals surface area contributed by atoms with Crippen LogP contribution in [0.25, 0.3) is 61.3 Å². The van der Waals surface area contributed by atoms with Crippen molar-refractivity contribution in [2.45, 2.75) is 33.6 Å². The van der Waals surface area contributed by atoms with Gasteiger partial charge in [0.15, 0.2) is 0 Å². The Labute approximate surface area is 283 Å². The SMILES string of the molecule is [2H]C(C)(C)c1ccc2c(c1)oc1c(-c3nc4c(C)nc(C)cc4n3-c3ccccc3)[c-]ccc12.[Ir].[c-]1ccccc1-c1ccccn1. The topological polar surface area (TPSA) is 56.7 Å². The number of rotatable bonds is 4. The number of pyridine rings is 2. The molecular formula is C40H32IrN4O-2. The maximum absolute atomic E-state index is 8.41. The summed E-state index contributed by atoms with van der Waals surface area (Å²) >= 11 is 0. The van der Waals surface area contributed by atoms with E-state index in [2.05, 4.69) is 44.9 Å². The summed E-state index contributed by atoms with van der Waals surface area (Å²) in [7, 11) is 0. The summed E-state index contributed by atoms with van der Waals surface area (Å²) in [6.07, 6.45) is 1.79. The van der Waals surface area contributed by atoms with E-state index in [0.717, 1.165) is 78.3 Å². The third-order valence-corrected chi connectivity index (χ3v) is 7.84. The molecule has 6 heteroatoms. The molecule has 0 N–H and O–H groups in total. The quantitative estimate of drug-likeness (QED) is 0.167. The predicted octanol–water partition coefficient (Wildman–Crippen LogP) is 10.1. The zero-order valence-corrected chi connectivity index (χ0v) is 28.4. The molecule has 4 aromatic heterocycles. The summed E-state index contributed by atoms with van der Waals surface area (Å²) in [5, 5.41) is 2.03. The number of hydrogen-bond donors (Lipinski definition) is 0. The van der Waals surface area contributed by atoms with E-state index in [0.29, 0.717) is 0 Å². The van der Waals surface area contributed by atoms with Crippen LogP contribution in [0.3, 0.4) is 0 Å². The Balaban J connectivity index is 0.000000250. The third kappa shape index (κ3) is 5.90. The summed E-state index contributed by atoms with van der Waals surface area (Å²) in [5.74, 6) is 0.0635. The molecule has 5 nitrogen and oxygen atoms in total. The zero-order chi connectivity index (χ0) is 31.8. The number of fused-ring (bicyclic) bond motifs is 4. The summed E-state index contributed by atoms with van der Waals surface area (Å²) in [5.41, 5.74) is 9.97. The predicted molar refractivity (Wildman–Crippen MR) is 182 cm³/mol. The summed E-state index contributed by atoms with van der Waals surface area (Å²) in [6, 6.07) is 42.5. The van der Waals surface area contributed by atoms with E-state index >= 15 is 0 Å². The van der Waals surface area contributed by atoms with Crippen LogP contribution in [0.15, 0.2) is 120 Å². The Hall–Kier alpha value is -4.90. The molecule has 4 heterocycles. The van der Waals surface area contributed by atoms with Gasteiger partial charge in [-0.3, -0.25) is 9.97 Å². The smallest absolute Gasteiger partial charge is 0.121 e. The van der Waals surface area contributed by atoms with Gasteiger partial charge in [-0.25, -0.2) is 0 Å². The molecule has 8 aromatic rings. The van der Waals surface area contributed by atoms with E-state index in [1.807, 2.05) is 119 Å². The van der Waals surface area contributed by atoms with Crippen LogP contribution in [0.4, 0.5) is 0 Å². The second kappa shape index (κ2) is 13.2. The van der Waals surface area contributed by atoms with Gasteiger partial charge in [-0.05, 0) is 61.3 Å². The van der Waals surface area contributed by atoms with Gasteiger partial charge in [-0.15, -0.1) is 54.1 Å². The van der Waals surface area contributed by atoms with Crippen molar-refractivity contribution >= 4 is 33.0 Å². The number of furan rings is 1. The van der Waals surface area contributed by atoms with Gasteiger partial charge in [0.1, 0.15) is 5.58 Å². The minimum absolute atomic E-state index is 0. The van der Waals surface area contributed by atoms with E-state index in [1.165, 1.54) is 0 Å². The van der Waals surface area contributed by atoms with Crippen molar-refractivity contribution in [1.29, 1.82) is 0 Å². The first-order valence-electron chi connectivity index (χ1n) is 15.5. The van der Waals surface area contributed by atoms with Crippen LogP contribution in [0.1, 0.15) is 38.1 Å². The van der Waals surface area contributed by atoms with Gasteiger partial charge >= 0.3 is 0 Å². The molecule has 0 unspecified atom stereocenters. The average Bonchev–Trinajstić information content (AvgIpc) is 3.64. The zero-order valence-electron chi connectivity index (χ0n) is 27.0. The van der Waals surface area contributed by atoms with Crippen LogP contribution in [0.5, 0.6) is 0 Å². The molecule has 0 spiro atoms. The number of benzene rings is 4. The average molecular weight is 778 g/mol. The van der Waals surface area contributed by atoms with Crippen LogP contribution >= 0.6 is 0 Å². The second-order valence-corrected chi connectivity index (χ2v) is 11.2. The molecular weight excluding hydrogens is 745 g/mol. The van der Waals surface area contributed by atoms with Crippen molar-refractivity contribution in [2.24, 2.45) is 0 Å². The van der Waals surface area contributed by atoms with E-state index in [4.69, 9.17) is 10.8 Å². The molecule has 0 saturated carbocycles. The normalized spacial score (nSPS) is 11.6. The number of nitrogens with zero attached hydrogens (tertiary/aromatic N) is 4. The van der Waals surface area contributed by atoms with Gasteiger partial charge in [0.2, 0.25) is 0 Å².